The first-order chi connectivity index (χ1) is 14.9. The van der Waals surface area contributed by atoms with Crippen LogP contribution >= 0.6 is 11.6 Å². The molecule has 160 valence electrons. The Morgan fingerprint density at radius 3 is 2.10 bits per heavy atom. The smallest absolute Gasteiger partial charge is 0.243 e. The SMILES string of the molecule is O=C(Cc1ccc(-c2ccccc2)cc1)N1CCN(S(=O)(=O)c2cccc(Cl)c2)CC1. The van der Waals surface area contributed by atoms with E-state index in [0.717, 1.165) is 16.7 Å². The topological polar surface area (TPSA) is 57.7 Å². The van der Waals surface area contributed by atoms with Gasteiger partial charge < -0.3 is 4.90 Å². The number of halogens is 1. The Labute approximate surface area is 187 Å². The molecule has 1 amide bonds. The Morgan fingerprint density at radius 2 is 1.45 bits per heavy atom. The van der Waals surface area contributed by atoms with Gasteiger partial charge in [0.05, 0.1) is 11.3 Å². The van der Waals surface area contributed by atoms with Crippen LogP contribution in [0.25, 0.3) is 11.1 Å². The number of benzene rings is 3. The first-order valence-corrected chi connectivity index (χ1v) is 11.9. The lowest BCUT2D eigenvalue weighted by atomic mass is 10.0. The third kappa shape index (κ3) is 4.98. The van der Waals surface area contributed by atoms with Crippen LogP contribution in [0.15, 0.2) is 83.8 Å². The number of piperazine rings is 1. The van der Waals surface area contributed by atoms with Gasteiger partial charge >= 0.3 is 0 Å². The zero-order valence-electron chi connectivity index (χ0n) is 16.9. The molecular formula is C24H23ClN2O3S. The number of carbonyl (C=O) groups excluding carboxylic acids is 1. The predicted octanol–water partition coefficient (Wildman–Crippen LogP) is 4.08. The molecule has 0 radical (unpaired) electrons. The number of rotatable bonds is 5. The summed E-state index contributed by atoms with van der Waals surface area (Å²) in [6, 6.07) is 24.3. The summed E-state index contributed by atoms with van der Waals surface area (Å²) in [5.74, 6) is 0.00673. The number of carbonyl (C=O) groups is 1. The standard InChI is InChI=1S/C24H23ClN2O3S/c25-22-7-4-8-23(18-22)31(29,30)27-15-13-26(14-16-27)24(28)17-19-9-11-21(12-10-19)20-5-2-1-3-6-20/h1-12,18H,13-17H2. The second-order valence-corrected chi connectivity index (χ2v) is 9.86. The quantitative estimate of drug-likeness (QED) is 0.583. The largest absolute Gasteiger partial charge is 0.340 e. The van der Waals surface area contributed by atoms with E-state index in [2.05, 4.69) is 12.1 Å². The second kappa shape index (κ2) is 9.22. The van der Waals surface area contributed by atoms with Crippen LogP contribution in [0.2, 0.25) is 5.02 Å². The maximum absolute atomic E-state index is 12.8. The molecule has 4 rings (SSSR count). The van der Waals surface area contributed by atoms with Gasteiger partial charge in [-0.2, -0.15) is 4.31 Å². The molecule has 0 spiro atoms. The van der Waals surface area contributed by atoms with Crippen molar-refractivity contribution in [3.05, 3.63) is 89.4 Å². The monoisotopic (exact) mass is 454 g/mol. The molecule has 1 heterocycles. The zero-order valence-corrected chi connectivity index (χ0v) is 18.5. The van der Waals surface area contributed by atoms with Gasteiger partial charge in [0.2, 0.25) is 15.9 Å². The van der Waals surface area contributed by atoms with Gasteiger partial charge in [0, 0.05) is 31.2 Å². The van der Waals surface area contributed by atoms with E-state index in [0.29, 0.717) is 24.5 Å². The minimum absolute atomic E-state index is 0.00673. The maximum Gasteiger partial charge on any atom is 0.243 e. The molecule has 7 heteroatoms. The van der Waals surface area contributed by atoms with Crippen LogP contribution < -0.4 is 0 Å². The molecule has 1 saturated heterocycles. The summed E-state index contributed by atoms with van der Waals surface area (Å²) < 4.78 is 27.1. The maximum atomic E-state index is 12.8. The summed E-state index contributed by atoms with van der Waals surface area (Å²) in [6.45, 7) is 1.29. The van der Waals surface area contributed by atoms with Crippen molar-refractivity contribution < 1.29 is 13.2 Å². The Balaban J connectivity index is 1.35. The summed E-state index contributed by atoms with van der Waals surface area (Å²) >= 11 is 5.94. The zero-order chi connectivity index (χ0) is 21.8. The highest BCUT2D eigenvalue weighted by Crippen LogP contribution is 2.22. The molecule has 0 aliphatic carbocycles. The predicted molar refractivity (Wildman–Crippen MR) is 122 cm³/mol. The van der Waals surface area contributed by atoms with Crippen molar-refractivity contribution in [3.63, 3.8) is 0 Å². The molecule has 3 aromatic carbocycles. The highest BCUT2D eigenvalue weighted by atomic mass is 35.5. The molecule has 31 heavy (non-hydrogen) atoms. The van der Waals surface area contributed by atoms with Gasteiger partial charge in [0.15, 0.2) is 0 Å². The van der Waals surface area contributed by atoms with E-state index in [9.17, 15) is 13.2 Å². The Morgan fingerprint density at radius 1 is 0.806 bits per heavy atom. The number of amides is 1. The summed E-state index contributed by atoms with van der Waals surface area (Å²) in [5, 5.41) is 0.383. The third-order valence-electron chi connectivity index (χ3n) is 5.44. The number of hydrogen-bond donors (Lipinski definition) is 0. The van der Waals surface area contributed by atoms with Gasteiger partial charge in [-0.15, -0.1) is 0 Å². The van der Waals surface area contributed by atoms with Crippen molar-refractivity contribution in [1.29, 1.82) is 0 Å². The fraction of sp³-hybridized carbons (Fsp3) is 0.208. The molecule has 0 aromatic heterocycles. The highest BCUT2D eigenvalue weighted by Gasteiger charge is 2.30. The lowest BCUT2D eigenvalue weighted by Crippen LogP contribution is -2.50. The van der Waals surface area contributed by atoms with Crippen molar-refractivity contribution >= 4 is 27.5 Å². The lowest BCUT2D eigenvalue weighted by Gasteiger charge is -2.34. The minimum atomic E-state index is -3.61. The van der Waals surface area contributed by atoms with Gasteiger partial charge in [0.1, 0.15) is 0 Å². The third-order valence-corrected chi connectivity index (χ3v) is 7.57. The first kappa shape index (κ1) is 21.6. The second-order valence-electron chi connectivity index (χ2n) is 7.48. The number of hydrogen-bond acceptors (Lipinski definition) is 3. The minimum Gasteiger partial charge on any atom is -0.340 e. The summed E-state index contributed by atoms with van der Waals surface area (Å²) in [7, 11) is -3.61. The van der Waals surface area contributed by atoms with E-state index in [1.807, 2.05) is 42.5 Å². The molecular weight excluding hydrogens is 432 g/mol. The van der Waals surface area contributed by atoms with Crippen LogP contribution in [0.1, 0.15) is 5.56 Å². The van der Waals surface area contributed by atoms with Gasteiger partial charge in [-0.25, -0.2) is 8.42 Å². The fourth-order valence-corrected chi connectivity index (χ4v) is 5.41. The van der Waals surface area contributed by atoms with Gasteiger partial charge in [-0.1, -0.05) is 72.3 Å². The van der Waals surface area contributed by atoms with E-state index in [4.69, 9.17) is 11.6 Å². The van der Waals surface area contributed by atoms with Crippen LogP contribution in [0, 0.1) is 0 Å². The number of sulfonamides is 1. The molecule has 0 N–H and O–H groups in total. The number of nitrogens with zero attached hydrogens (tertiary/aromatic N) is 2. The van der Waals surface area contributed by atoms with E-state index < -0.39 is 10.0 Å². The average molecular weight is 455 g/mol. The van der Waals surface area contributed by atoms with E-state index in [1.54, 1.807) is 17.0 Å². The Kier molecular flexibility index (Phi) is 6.41. The van der Waals surface area contributed by atoms with Gasteiger partial charge in [-0.3, -0.25) is 4.79 Å². The van der Waals surface area contributed by atoms with Crippen LogP contribution in [-0.2, 0) is 21.2 Å². The molecule has 3 aromatic rings. The summed E-state index contributed by atoms with van der Waals surface area (Å²) in [4.78, 5) is 14.6. The van der Waals surface area contributed by atoms with Crippen molar-refractivity contribution in [3.8, 4) is 11.1 Å². The van der Waals surface area contributed by atoms with Crippen LogP contribution in [0.4, 0.5) is 0 Å². The van der Waals surface area contributed by atoms with Crippen LogP contribution in [-0.4, -0.2) is 49.7 Å². The van der Waals surface area contributed by atoms with E-state index in [-0.39, 0.29) is 23.9 Å². The Bertz CT molecular complexity index is 1160. The molecule has 0 atom stereocenters. The highest BCUT2D eigenvalue weighted by molar-refractivity contribution is 7.89. The van der Waals surface area contributed by atoms with Gasteiger partial charge in [-0.05, 0) is 34.9 Å². The fourth-order valence-electron chi connectivity index (χ4n) is 3.69. The van der Waals surface area contributed by atoms with Crippen molar-refractivity contribution in [2.75, 3.05) is 26.2 Å². The summed E-state index contributed by atoms with van der Waals surface area (Å²) in [5.41, 5.74) is 3.19. The first-order valence-electron chi connectivity index (χ1n) is 10.1. The van der Waals surface area contributed by atoms with Crippen LogP contribution in [0.3, 0.4) is 0 Å². The van der Waals surface area contributed by atoms with Crippen molar-refractivity contribution in [1.82, 2.24) is 9.21 Å². The van der Waals surface area contributed by atoms with Crippen molar-refractivity contribution in [2.24, 2.45) is 0 Å². The average Bonchev–Trinajstić information content (AvgIpc) is 2.80. The van der Waals surface area contributed by atoms with Crippen LogP contribution in [0.5, 0.6) is 0 Å². The van der Waals surface area contributed by atoms with E-state index in [1.165, 1.54) is 16.4 Å². The molecule has 0 unspecified atom stereocenters. The molecule has 1 aliphatic heterocycles. The Hall–Kier alpha value is -2.67. The lowest BCUT2D eigenvalue weighted by molar-refractivity contribution is -0.131. The molecule has 1 aliphatic rings. The summed E-state index contributed by atoms with van der Waals surface area (Å²) in [6.07, 6.45) is 0.302. The molecule has 1 fully saturated rings. The van der Waals surface area contributed by atoms with Crippen molar-refractivity contribution in [2.45, 2.75) is 11.3 Å². The van der Waals surface area contributed by atoms with Gasteiger partial charge in [0.25, 0.3) is 0 Å². The normalized spacial score (nSPS) is 15.1. The van der Waals surface area contributed by atoms with E-state index >= 15 is 0 Å². The molecule has 0 bridgehead atoms. The molecule has 5 nitrogen and oxygen atoms in total. The molecule has 0 saturated carbocycles.